The van der Waals surface area contributed by atoms with Crippen molar-refractivity contribution in [1.82, 2.24) is 15.0 Å². The lowest BCUT2D eigenvalue weighted by molar-refractivity contribution is -0.137. The smallest absolute Gasteiger partial charge is 0.304 e. The Morgan fingerprint density at radius 3 is 2.47 bits per heavy atom. The fourth-order valence-electron chi connectivity index (χ4n) is 1.56. The zero-order valence-corrected chi connectivity index (χ0v) is 12.3. The molecule has 0 bridgehead atoms. The van der Waals surface area contributed by atoms with Gasteiger partial charge in [0.2, 0.25) is 5.89 Å². The minimum absolute atomic E-state index is 0.110. The molecule has 0 atom stereocenters. The number of rotatable bonds is 6. The molecule has 1 rings (SSSR count). The van der Waals surface area contributed by atoms with Gasteiger partial charge in [0, 0.05) is 18.0 Å². The summed E-state index contributed by atoms with van der Waals surface area (Å²) in [6.45, 7) is 11.0. The molecule has 0 spiro atoms. The summed E-state index contributed by atoms with van der Waals surface area (Å²) < 4.78 is 5.23. The van der Waals surface area contributed by atoms with Crippen LogP contribution in [0.2, 0.25) is 0 Å². The van der Waals surface area contributed by atoms with E-state index in [9.17, 15) is 4.79 Å². The Balaban J connectivity index is 2.69. The Bertz CT molecular complexity index is 421. The molecule has 1 aromatic rings. The van der Waals surface area contributed by atoms with Gasteiger partial charge >= 0.3 is 5.97 Å². The van der Waals surface area contributed by atoms with Gasteiger partial charge in [0.15, 0.2) is 5.82 Å². The van der Waals surface area contributed by atoms with Crippen LogP contribution in [0.5, 0.6) is 0 Å². The fourth-order valence-corrected chi connectivity index (χ4v) is 1.56. The molecule has 0 aliphatic carbocycles. The highest BCUT2D eigenvalue weighted by Crippen LogP contribution is 2.19. The van der Waals surface area contributed by atoms with E-state index in [-0.39, 0.29) is 17.9 Å². The van der Waals surface area contributed by atoms with E-state index >= 15 is 0 Å². The second kappa shape index (κ2) is 6.14. The summed E-state index contributed by atoms with van der Waals surface area (Å²) in [6.07, 6.45) is 0.110. The molecule has 0 fully saturated rings. The maximum atomic E-state index is 10.6. The number of aromatic nitrogens is 2. The third-order valence-electron chi connectivity index (χ3n) is 2.82. The highest BCUT2D eigenvalue weighted by molar-refractivity contribution is 5.66. The summed E-state index contributed by atoms with van der Waals surface area (Å²) in [4.78, 5) is 17.0. The maximum absolute atomic E-state index is 10.6. The number of hydrogen-bond acceptors (Lipinski definition) is 5. The molecule has 1 N–H and O–H groups in total. The van der Waals surface area contributed by atoms with Gasteiger partial charge in [-0.05, 0) is 13.8 Å². The monoisotopic (exact) mass is 269 g/mol. The van der Waals surface area contributed by atoms with Crippen molar-refractivity contribution in [1.29, 1.82) is 0 Å². The van der Waals surface area contributed by atoms with E-state index in [0.717, 1.165) is 0 Å². The second-order valence-corrected chi connectivity index (χ2v) is 5.97. The van der Waals surface area contributed by atoms with E-state index in [1.165, 1.54) is 0 Å². The van der Waals surface area contributed by atoms with Gasteiger partial charge < -0.3 is 9.63 Å². The van der Waals surface area contributed by atoms with Crippen LogP contribution in [0.25, 0.3) is 0 Å². The molecule has 0 aromatic carbocycles. The van der Waals surface area contributed by atoms with Crippen LogP contribution in [-0.2, 0) is 16.8 Å². The van der Waals surface area contributed by atoms with Crippen molar-refractivity contribution in [2.45, 2.75) is 59.0 Å². The van der Waals surface area contributed by atoms with Crippen molar-refractivity contribution in [2.75, 3.05) is 6.54 Å². The fraction of sp³-hybridized carbons (Fsp3) is 0.769. The lowest BCUT2D eigenvalue weighted by Crippen LogP contribution is -2.32. The van der Waals surface area contributed by atoms with Gasteiger partial charge in [0.1, 0.15) is 0 Å². The molecule has 6 nitrogen and oxygen atoms in total. The Kier molecular flexibility index (Phi) is 5.05. The van der Waals surface area contributed by atoms with E-state index in [2.05, 4.69) is 10.1 Å². The predicted molar refractivity (Wildman–Crippen MR) is 70.8 cm³/mol. The summed E-state index contributed by atoms with van der Waals surface area (Å²) >= 11 is 0. The molecule has 108 valence electrons. The summed E-state index contributed by atoms with van der Waals surface area (Å²) in [5, 5.41) is 12.7. The van der Waals surface area contributed by atoms with Gasteiger partial charge in [-0.25, -0.2) is 0 Å². The van der Waals surface area contributed by atoms with Crippen LogP contribution in [0.3, 0.4) is 0 Å². The van der Waals surface area contributed by atoms with Crippen LogP contribution < -0.4 is 0 Å². The van der Waals surface area contributed by atoms with Crippen molar-refractivity contribution >= 4 is 5.97 Å². The summed E-state index contributed by atoms with van der Waals surface area (Å²) in [7, 11) is 0. The predicted octanol–water partition coefficient (Wildman–Crippen LogP) is 2.05. The molecule has 0 saturated carbocycles. The first-order chi connectivity index (χ1) is 8.70. The molecule has 0 amide bonds. The van der Waals surface area contributed by atoms with Gasteiger partial charge in [0.05, 0.1) is 13.0 Å². The molecule has 19 heavy (non-hydrogen) atoms. The van der Waals surface area contributed by atoms with E-state index < -0.39 is 5.97 Å². The number of aliphatic carboxylic acids is 1. The SMILES string of the molecule is CC(C)N(CCC(=O)O)Cc1nc(C(C)(C)C)no1. The first-order valence-corrected chi connectivity index (χ1v) is 6.49. The van der Waals surface area contributed by atoms with Crippen molar-refractivity contribution in [3.63, 3.8) is 0 Å². The molecular weight excluding hydrogens is 246 g/mol. The van der Waals surface area contributed by atoms with Gasteiger partial charge in [-0.15, -0.1) is 0 Å². The van der Waals surface area contributed by atoms with Gasteiger partial charge in [-0.2, -0.15) is 4.98 Å². The van der Waals surface area contributed by atoms with Gasteiger partial charge in [-0.1, -0.05) is 25.9 Å². The quantitative estimate of drug-likeness (QED) is 0.851. The molecule has 1 heterocycles. The Morgan fingerprint density at radius 2 is 2.05 bits per heavy atom. The van der Waals surface area contributed by atoms with Crippen molar-refractivity contribution in [3.8, 4) is 0 Å². The highest BCUT2D eigenvalue weighted by atomic mass is 16.5. The van der Waals surface area contributed by atoms with Crippen molar-refractivity contribution in [3.05, 3.63) is 11.7 Å². The number of carbonyl (C=O) groups is 1. The van der Waals surface area contributed by atoms with Crippen LogP contribution in [-0.4, -0.2) is 38.7 Å². The van der Waals surface area contributed by atoms with E-state index in [1.807, 2.05) is 39.5 Å². The summed E-state index contributed by atoms with van der Waals surface area (Å²) in [5.74, 6) is 0.403. The average molecular weight is 269 g/mol. The molecule has 6 heteroatoms. The number of carboxylic acids is 1. The molecule has 0 radical (unpaired) electrons. The number of carboxylic acid groups (broad SMARTS) is 1. The molecule has 0 aliphatic rings. The topological polar surface area (TPSA) is 79.5 Å². The first-order valence-electron chi connectivity index (χ1n) is 6.49. The molecular formula is C13H23N3O3. The average Bonchev–Trinajstić information content (AvgIpc) is 2.71. The third-order valence-corrected chi connectivity index (χ3v) is 2.82. The normalized spacial score (nSPS) is 12.4. The Morgan fingerprint density at radius 1 is 1.42 bits per heavy atom. The third kappa shape index (κ3) is 4.98. The molecule has 0 unspecified atom stereocenters. The minimum atomic E-state index is -0.799. The van der Waals surface area contributed by atoms with Gasteiger partial charge in [-0.3, -0.25) is 9.69 Å². The largest absolute Gasteiger partial charge is 0.481 e. The van der Waals surface area contributed by atoms with Crippen LogP contribution in [0, 0.1) is 0 Å². The highest BCUT2D eigenvalue weighted by Gasteiger charge is 2.22. The van der Waals surface area contributed by atoms with E-state index in [4.69, 9.17) is 9.63 Å². The number of nitrogens with zero attached hydrogens (tertiary/aromatic N) is 3. The molecule has 1 aromatic heterocycles. The van der Waals surface area contributed by atoms with Crippen molar-refractivity contribution in [2.24, 2.45) is 0 Å². The molecule has 0 saturated heterocycles. The van der Waals surface area contributed by atoms with Crippen molar-refractivity contribution < 1.29 is 14.4 Å². The second-order valence-electron chi connectivity index (χ2n) is 5.97. The lowest BCUT2D eigenvalue weighted by atomic mass is 9.96. The standard InChI is InChI=1S/C13H23N3O3/c1-9(2)16(7-6-11(17)18)8-10-14-12(15-19-10)13(3,4)5/h9H,6-8H2,1-5H3,(H,17,18). The summed E-state index contributed by atoms with van der Waals surface area (Å²) in [5.41, 5.74) is -0.147. The Labute approximate surface area is 113 Å². The van der Waals surface area contributed by atoms with E-state index in [1.54, 1.807) is 0 Å². The van der Waals surface area contributed by atoms with Crippen LogP contribution in [0.4, 0.5) is 0 Å². The maximum Gasteiger partial charge on any atom is 0.304 e. The number of hydrogen-bond donors (Lipinski definition) is 1. The molecule has 0 aliphatic heterocycles. The zero-order valence-electron chi connectivity index (χ0n) is 12.3. The minimum Gasteiger partial charge on any atom is -0.481 e. The summed E-state index contributed by atoms with van der Waals surface area (Å²) in [6, 6.07) is 0.226. The Hall–Kier alpha value is -1.43. The zero-order chi connectivity index (χ0) is 14.6. The van der Waals surface area contributed by atoms with Crippen LogP contribution in [0.15, 0.2) is 4.52 Å². The first kappa shape index (κ1) is 15.6. The van der Waals surface area contributed by atoms with Crippen LogP contribution >= 0.6 is 0 Å². The van der Waals surface area contributed by atoms with E-state index in [0.29, 0.717) is 24.8 Å². The van der Waals surface area contributed by atoms with Gasteiger partial charge in [0.25, 0.3) is 0 Å². The lowest BCUT2D eigenvalue weighted by Gasteiger charge is -2.23. The van der Waals surface area contributed by atoms with Crippen LogP contribution in [0.1, 0.15) is 52.8 Å².